The number of halogens is 1. The lowest BCUT2D eigenvalue weighted by Gasteiger charge is -2.38. The van der Waals surface area contributed by atoms with Gasteiger partial charge in [0.15, 0.2) is 0 Å². The molecule has 0 bridgehead atoms. The zero-order valence-corrected chi connectivity index (χ0v) is 13.0. The summed E-state index contributed by atoms with van der Waals surface area (Å²) in [5, 5.41) is 2.56. The number of imide groups is 2. The van der Waals surface area contributed by atoms with E-state index in [1.807, 2.05) is 6.92 Å². The van der Waals surface area contributed by atoms with Crippen molar-refractivity contribution in [3.63, 3.8) is 0 Å². The van der Waals surface area contributed by atoms with E-state index >= 15 is 0 Å². The summed E-state index contributed by atoms with van der Waals surface area (Å²) >= 11 is 6.12. The lowest BCUT2D eigenvalue weighted by molar-refractivity contribution is -0.143. The van der Waals surface area contributed by atoms with Crippen molar-refractivity contribution in [2.75, 3.05) is 4.90 Å². The average Bonchev–Trinajstić information content (AvgIpc) is 2.44. The van der Waals surface area contributed by atoms with Gasteiger partial charge in [0.25, 0.3) is 5.91 Å². The summed E-state index contributed by atoms with van der Waals surface area (Å²) in [6.07, 6.45) is 0.642. The quantitative estimate of drug-likeness (QED) is 0.873. The van der Waals surface area contributed by atoms with Crippen molar-refractivity contribution in [3.8, 4) is 0 Å². The van der Waals surface area contributed by atoms with E-state index in [-0.39, 0.29) is 0 Å². The van der Waals surface area contributed by atoms with E-state index < -0.39 is 23.3 Å². The van der Waals surface area contributed by atoms with Gasteiger partial charge in [0.1, 0.15) is 5.41 Å². The largest absolute Gasteiger partial charge is 0.335 e. The summed E-state index contributed by atoms with van der Waals surface area (Å²) in [6, 6.07) is 4.32. The number of anilines is 1. The van der Waals surface area contributed by atoms with Gasteiger partial charge in [0.05, 0.1) is 10.7 Å². The Kier molecular flexibility index (Phi) is 4.05. The van der Waals surface area contributed by atoms with Crippen molar-refractivity contribution in [1.82, 2.24) is 5.32 Å². The van der Waals surface area contributed by atoms with Crippen LogP contribution in [0.15, 0.2) is 18.2 Å². The summed E-state index contributed by atoms with van der Waals surface area (Å²) < 4.78 is 0. The molecule has 1 fully saturated rings. The number of nitrogens with zero attached hydrogens (tertiary/aromatic N) is 1. The van der Waals surface area contributed by atoms with Crippen LogP contribution in [-0.4, -0.2) is 17.8 Å². The van der Waals surface area contributed by atoms with Crippen LogP contribution in [0.3, 0.4) is 0 Å². The molecule has 21 heavy (non-hydrogen) atoms. The molecule has 2 rings (SSSR count). The molecule has 1 heterocycles. The van der Waals surface area contributed by atoms with Crippen molar-refractivity contribution in [3.05, 3.63) is 28.8 Å². The zero-order chi connectivity index (χ0) is 15.8. The van der Waals surface area contributed by atoms with Gasteiger partial charge in [-0.2, -0.15) is 0 Å². The van der Waals surface area contributed by atoms with E-state index in [1.165, 1.54) is 0 Å². The number of nitrogens with one attached hydrogen (secondary N) is 1. The molecule has 4 amide bonds. The van der Waals surface area contributed by atoms with E-state index in [0.29, 0.717) is 23.6 Å². The number of carbonyl (C=O) groups excluding carboxylic acids is 3. The molecule has 0 unspecified atom stereocenters. The maximum atomic E-state index is 12.8. The van der Waals surface area contributed by atoms with Crippen LogP contribution >= 0.6 is 11.6 Å². The monoisotopic (exact) mass is 308 g/mol. The average molecular weight is 309 g/mol. The van der Waals surface area contributed by atoms with E-state index in [1.54, 1.807) is 32.0 Å². The molecule has 0 radical (unpaired) electrons. The number of carbonyl (C=O) groups is 3. The molecule has 1 aliphatic rings. The highest BCUT2D eigenvalue weighted by Gasteiger charge is 2.52. The fraction of sp³-hybridized carbons (Fsp3) is 0.400. The number of aryl methyl sites for hydroxylation is 1. The minimum Gasteiger partial charge on any atom is -0.276 e. The number of hydrogen-bond acceptors (Lipinski definition) is 3. The van der Waals surface area contributed by atoms with E-state index in [9.17, 15) is 14.4 Å². The molecule has 5 nitrogen and oxygen atoms in total. The SMILES string of the molecule is CCC1(CC)C(=O)NC(=O)N(c2cc(C)ccc2Cl)C1=O. The first kappa shape index (κ1) is 15.5. The number of barbiturate groups is 1. The van der Waals surface area contributed by atoms with Gasteiger partial charge < -0.3 is 0 Å². The minimum absolute atomic E-state index is 0.291. The molecule has 1 aliphatic heterocycles. The predicted molar refractivity (Wildman–Crippen MR) is 80.2 cm³/mol. The molecule has 6 heteroatoms. The van der Waals surface area contributed by atoms with Gasteiger partial charge >= 0.3 is 6.03 Å². The van der Waals surface area contributed by atoms with Crippen LogP contribution in [-0.2, 0) is 9.59 Å². The molecule has 0 spiro atoms. The highest BCUT2D eigenvalue weighted by Crippen LogP contribution is 2.37. The van der Waals surface area contributed by atoms with Gasteiger partial charge in [-0.15, -0.1) is 0 Å². The first-order valence-electron chi connectivity index (χ1n) is 6.83. The summed E-state index contributed by atoms with van der Waals surface area (Å²) in [5.41, 5.74) is -0.0514. The van der Waals surface area contributed by atoms with Crippen LogP contribution in [0.2, 0.25) is 5.02 Å². The smallest absolute Gasteiger partial charge is 0.276 e. The first-order chi connectivity index (χ1) is 9.87. The molecule has 0 atom stereocenters. The number of hydrogen-bond donors (Lipinski definition) is 1. The van der Waals surface area contributed by atoms with E-state index in [2.05, 4.69) is 5.32 Å². The second kappa shape index (κ2) is 5.48. The van der Waals surface area contributed by atoms with Crippen LogP contribution in [0.4, 0.5) is 10.5 Å². The standard InChI is InChI=1S/C15H17ClN2O3/c1-4-15(5-2)12(19)17-14(21)18(13(15)20)11-8-9(3)6-7-10(11)16/h6-8H,4-5H2,1-3H3,(H,17,19,21). The second-order valence-electron chi connectivity index (χ2n) is 5.14. The zero-order valence-electron chi connectivity index (χ0n) is 12.2. The first-order valence-corrected chi connectivity index (χ1v) is 7.21. The second-order valence-corrected chi connectivity index (χ2v) is 5.55. The van der Waals surface area contributed by atoms with E-state index in [4.69, 9.17) is 11.6 Å². The maximum Gasteiger partial charge on any atom is 0.335 e. The van der Waals surface area contributed by atoms with Gasteiger partial charge in [-0.05, 0) is 37.5 Å². The Morgan fingerprint density at radius 1 is 1.19 bits per heavy atom. The van der Waals surface area contributed by atoms with Crippen LogP contribution in [0.5, 0.6) is 0 Å². The van der Waals surface area contributed by atoms with Gasteiger partial charge in [0, 0.05) is 0 Å². The molecule has 1 aromatic carbocycles. The Labute approximate surface area is 128 Å². The molecular formula is C15H17ClN2O3. The van der Waals surface area contributed by atoms with Crippen molar-refractivity contribution < 1.29 is 14.4 Å². The highest BCUT2D eigenvalue weighted by atomic mass is 35.5. The molecule has 1 aromatic rings. The molecule has 1 saturated heterocycles. The summed E-state index contributed by atoms with van der Waals surface area (Å²) in [5.74, 6) is -1.06. The molecule has 0 aliphatic carbocycles. The number of rotatable bonds is 3. The van der Waals surface area contributed by atoms with Gasteiger partial charge in [0.2, 0.25) is 5.91 Å². The predicted octanol–water partition coefficient (Wildman–Crippen LogP) is 3.04. The van der Waals surface area contributed by atoms with Crippen molar-refractivity contribution in [2.24, 2.45) is 5.41 Å². The van der Waals surface area contributed by atoms with Gasteiger partial charge in [-0.1, -0.05) is 31.5 Å². The fourth-order valence-electron chi connectivity index (χ4n) is 2.56. The normalized spacial score (nSPS) is 17.9. The van der Waals surface area contributed by atoms with E-state index in [0.717, 1.165) is 10.5 Å². The van der Waals surface area contributed by atoms with Crippen LogP contribution in [0, 0.1) is 12.3 Å². The summed E-state index contributed by atoms with van der Waals surface area (Å²) in [6.45, 7) is 5.35. The van der Waals surface area contributed by atoms with Crippen molar-refractivity contribution in [2.45, 2.75) is 33.6 Å². The van der Waals surface area contributed by atoms with Crippen LogP contribution in [0.1, 0.15) is 32.3 Å². The van der Waals surface area contributed by atoms with Gasteiger partial charge in [-0.3, -0.25) is 14.9 Å². The van der Waals surface area contributed by atoms with Crippen LogP contribution < -0.4 is 10.2 Å². The Morgan fingerprint density at radius 2 is 1.81 bits per heavy atom. The number of urea groups is 1. The Hall–Kier alpha value is -1.88. The lowest BCUT2D eigenvalue weighted by atomic mass is 9.78. The lowest BCUT2D eigenvalue weighted by Crippen LogP contribution is -2.64. The molecular weight excluding hydrogens is 292 g/mol. The minimum atomic E-state index is -1.22. The Balaban J connectivity index is 2.57. The molecule has 0 saturated carbocycles. The third-order valence-corrected chi connectivity index (χ3v) is 4.34. The Morgan fingerprint density at radius 3 is 2.38 bits per heavy atom. The molecule has 0 aromatic heterocycles. The third-order valence-electron chi connectivity index (χ3n) is 4.02. The number of amides is 4. The topological polar surface area (TPSA) is 66.5 Å². The molecule has 1 N–H and O–H groups in total. The number of benzene rings is 1. The van der Waals surface area contributed by atoms with Gasteiger partial charge in [-0.25, -0.2) is 9.69 Å². The fourth-order valence-corrected chi connectivity index (χ4v) is 2.76. The summed E-state index contributed by atoms with van der Waals surface area (Å²) in [7, 11) is 0. The van der Waals surface area contributed by atoms with Crippen LogP contribution in [0.25, 0.3) is 0 Å². The highest BCUT2D eigenvalue weighted by molar-refractivity contribution is 6.37. The molecule has 112 valence electrons. The Bertz CT molecular complexity index is 623. The van der Waals surface area contributed by atoms with Crippen molar-refractivity contribution in [1.29, 1.82) is 0 Å². The maximum absolute atomic E-state index is 12.8. The third kappa shape index (κ3) is 2.31. The summed E-state index contributed by atoms with van der Waals surface area (Å²) in [4.78, 5) is 38.0. The van der Waals surface area contributed by atoms with Crippen molar-refractivity contribution >= 4 is 35.1 Å².